The molecule has 0 saturated carbocycles. The molecule has 2 N–H and O–H groups in total. The summed E-state index contributed by atoms with van der Waals surface area (Å²) in [6.45, 7) is 6.99. The van der Waals surface area contributed by atoms with E-state index in [1.807, 2.05) is 17.9 Å². The Balaban J connectivity index is 3.11. The monoisotopic (exact) mass is 167 g/mol. The van der Waals surface area contributed by atoms with E-state index in [9.17, 15) is 0 Å². The summed E-state index contributed by atoms with van der Waals surface area (Å²) in [5.74, 6) is 0. The zero-order chi connectivity index (χ0) is 9.35. The molecular weight excluding hydrogens is 150 g/mol. The normalized spacial score (nSPS) is 12.1. The molecule has 1 aromatic rings. The van der Waals surface area contributed by atoms with Crippen LogP contribution >= 0.6 is 0 Å². The van der Waals surface area contributed by atoms with Gasteiger partial charge >= 0.3 is 0 Å². The highest BCUT2D eigenvalue weighted by molar-refractivity contribution is 5.25. The molecule has 3 heteroatoms. The van der Waals surface area contributed by atoms with Gasteiger partial charge < -0.3 is 5.73 Å². The average molecular weight is 167 g/mol. The third kappa shape index (κ3) is 1.37. The number of nitrogens with zero attached hydrogens (tertiary/aromatic N) is 2. The summed E-state index contributed by atoms with van der Waals surface area (Å²) >= 11 is 0. The van der Waals surface area contributed by atoms with Crippen molar-refractivity contribution in [2.24, 2.45) is 12.8 Å². The van der Waals surface area contributed by atoms with Crippen molar-refractivity contribution in [3.63, 3.8) is 0 Å². The lowest BCUT2D eigenvalue weighted by Crippen LogP contribution is -2.28. The molecule has 0 unspecified atom stereocenters. The van der Waals surface area contributed by atoms with Crippen molar-refractivity contribution in [3.8, 4) is 0 Å². The topological polar surface area (TPSA) is 43.8 Å². The Hall–Kier alpha value is -0.830. The molecule has 0 fully saturated rings. The second kappa shape index (κ2) is 2.90. The van der Waals surface area contributed by atoms with Crippen LogP contribution in [0, 0.1) is 6.92 Å². The molecule has 68 valence electrons. The van der Waals surface area contributed by atoms with Crippen LogP contribution in [0.15, 0.2) is 6.20 Å². The largest absolute Gasteiger partial charge is 0.330 e. The molecule has 0 aliphatic rings. The maximum absolute atomic E-state index is 5.68. The molecule has 1 heterocycles. The molecule has 0 bridgehead atoms. The molecule has 1 aromatic heterocycles. The molecule has 0 aromatic carbocycles. The third-order valence-electron chi connectivity index (χ3n) is 2.47. The Kier molecular flexibility index (Phi) is 2.24. The maximum Gasteiger partial charge on any atom is 0.0530 e. The van der Waals surface area contributed by atoms with E-state index in [1.54, 1.807) is 0 Å². The quantitative estimate of drug-likeness (QED) is 0.713. The van der Waals surface area contributed by atoms with Gasteiger partial charge in [-0.1, -0.05) is 13.8 Å². The maximum atomic E-state index is 5.68. The molecule has 0 aliphatic carbocycles. The van der Waals surface area contributed by atoms with Gasteiger partial charge in [0.15, 0.2) is 0 Å². The zero-order valence-electron chi connectivity index (χ0n) is 8.26. The van der Waals surface area contributed by atoms with Crippen LogP contribution in [0.5, 0.6) is 0 Å². The fourth-order valence-corrected chi connectivity index (χ4v) is 1.27. The second-order valence-corrected chi connectivity index (χ2v) is 3.86. The minimum Gasteiger partial charge on any atom is -0.330 e. The van der Waals surface area contributed by atoms with Crippen LogP contribution in [0.2, 0.25) is 0 Å². The van der Waals surface area contributed by atoms with Crippen LogP contribution < -0.4 is 5.73 Å². The minimum atomic E-state index is 0.0400. The Morgan fingerprint density at radius 2 is 2.17 bits per heavy atom. The number of rotatable bonds is 2. The van der Waals surface area contributed by atoms with Crippen molar-refractivity contribution in [2.75, 3.05) is 6.54 Å². The van der Waals surface area contributed by atoms with Gasteiger partial charge in [-0.05, 0) is 12.5 Å². The van der Waals surface area contributed by atoms with Crippen LogP contribution in [0.3, 0.4) is 0 Å². The van der Waals surface area contributed by atoms with Gasteiger partial charge in [0.2, 0.25) is 0 Å². The van der Waals surface area contributed by atoms with Crippen molar-refractivity contribution >= 4 is 0 Å². The van der Waals surface area contributed by atoms with Crippen LogP contribution in [-0.2, 0) is 12.5 Å². The van der Waals surface area contributed by atoms with E-state index in [2.05, 4.69) is 25.9 Å². The van der Waals surface area contributed by atoms with E-state index in [1.165, 1.54) is 11.3 Å². The fraction of sp³-hybridized carbons (Fsp3) is 0.667. The van der Waals surface area contributed by atoms with Gasteiger partial charge in [0, 0.05) is 24.7 Å². The predicted molar refractivity (Wildman–Crippen MR) is 50.0 cm³/mol. The molecule has 0 radical (unpaired) electrons. The average Bonchev–Trinajstić information content (AvgIpc) is 2.33. The van der Waals surface area contributed by atoms with Crippen molar-refractivity contribution in [1.29, 1.82) is 0 Å². The first kappa shape index (κ1) is 9.26. The van der Waals surface area contributed by atoms with Gasteiger partial charge in [0.05, 0.1) is 6.20 Å². The molecule has 0 amide bonds. The Morgan fingerprint density at radius 1 is 1.58 bits per heavy atom. The fourth-order valence-electron chi connectivity index (χ4n) is 1.27. The Morgan fingerprint density at radius 3 is 2.50 bits per heavy atom. The number of nitrogens with two attached hydrogens (primary N) is 1. The lowest BCUT2D eigenvalue weighted by atomic mass is 9.85. The summed E-state index contributed by atoms with van der Waals surface area (Å²) < 4.78 is 1.88. The first-order valence-electron chi connectivity index (χ1n) is 4.18. The van der Waals surface area contributed by atoms with Gasteiger partial charge in [-0.15, -0.1) is 0 Å². The first-order valence-corrected chi connectivity index (χ1v) is 4.18. The highest BCUT2D eigenvalue weighted by Gasteiger charge is 2.22. The van der Waals surface area contributed by atoms with E-state index in [-0.39, 0.29) is 5.41 Å². The Labute approximate surface area is 73.6 Å². The van der Waals surface area contributed by atoms with Crippen molar-refractivity contribution in [3.05, 3.63) is 17.5 Å². The standard InChI is InChI=1S/C9H17N3/c1-7-8(5-11-12(7)4)9(2,3)6-10/h5H,6,10H2,1-4H3. The molecule has 12 heavy (non-hydrogen) atoms. The van der Waals surface area contributed by atoms with Crippen LogP contribution in [0.4, 0.5) is 0 Å². The molecule has 0 spiro atoms. The summed E-state index contributed by atoms with van der Waals surface area (Å²) in [4.78, 5) is 0. The summed E-state index contributed by atoms with van der Waals surface area (Å²) in [6, 6.07) is 0. The highest BCUT2D eigenvalue weighted by Crippen LogP contribution is 2.23. The molecule has 3 nitrogen and oxygen atoms in total. The predicted octanol–water partition coefficient (Wildman–Crippen LogP) is 0.965. The van der Waals surface area contributed by atoms with Crippen LogP contribution in [0.25, 0.3) is 0 Å². The first-order chi connectivity index (χ1) is 5.49. The van der Waals surface area contributed by atoms with Gasteiger partial charge in [-0.25, -0.2) is 0 Å². The number of hydrogen-bond acceptors (Lipinski definition) is 2. The van der Waals surface area contributed by atoms with Crippen LogP contribution in [-0.4, -0.2) is 16.3 Å². The summed E-state index contributed by atoms with van der Waals surface area (Å²) in [5, 5.41) is 4.19. The number of hydrogen-bond donors (Lipinski definition) is 1. The summed E-state index contributed by atoms with van der Waals surface area (Å²) in [7, 11) is 1.95. The molecule has 0 aliphatic heterocycles. The van der Waals surface area contributed by atoms with E-state index >= 15 is 0 Å². The smallest absolute Gasteiger partial charge is 0.0530 e. The van der Waals surface area contributed by atoms with Gasteiger partial charge in [-0.3, -0.25) is 4.68 Å². The lowest BCUT2D eigenvalue weighted by molar-refractivity contribution is 0.534. The second-order valence-electron chi connectivity index (χ2n) is 3.86. The number of aromatic nitrogens is 2. The van der Waals surface area contributed by atoms with Crippen molar-refractivity contribution in [1.82, 2.24) is 9.78 Å². The van der Waals surface area contributed by atoms with E-state index in [4.69, 9.17) is 5.73 Å². The lowest BCUT2D eigenvalue weighted by Gasteiger charge is -2.21. The molecule has 0 saturated heterocycles. The van der Waals surface area contributed by atoms with Crippen LogP contribution in [0.1, 0.15) is 25.1 Å². The Bertz CT molecular complexity index is 273. The minimum absolute atomic E-state index is 0.0400. The summed E-state index contributed by atoms with van der Waals surface area (Å²) in [5.41, 5.74) is 8.16. The summed E-state index contributed by atoms with van der Waals surface area (Å²) in [6.07, 6.45) is 1.90. The van der Waals surface area contributed by atoms with E-state index < -0.39 is 0 Å². The van der Waals surface area contributed by atoms with Crippen molar-refractivity contribution < 1.29 is 0 Å². The highest BCUT2D eigenvalue weighted by atomic mass is 15.3. The van der Waals surface area contributed by atoms with E-state index in [0.717, 1.165) is 0 Å². The SMILES string of the molecule is Cc1c(C(C)(C)CN)cnn1C. The number of aryl methyl sites for hydroxylation is 1. The molecular formula is C9H17N3. The van der Waals surface area contributed by atoms with Gasteiger partial charge in [0.25, 0.3) is 0 Å². The molecule has 0 atom stereocenters. The van der Waals surface area contributed by atoms with Gasteiger partial charge in [-0.2, -0.15) is 5.10 Å². The molecule has 1 rings (SSSR count). The van der Waals surface area contributed by atoms with E-state index in [0.29, 0.717) is 6.54 Å². The van der Waals surface area contributed by atoms with Crippen molar-refractivity contribution in [2.45, 2.75) is 26.2 Å². The van der Waals surface area contributed by atoms with Gasteiger partial charge in [0.1, 0.15) is 0 Å². The third-order valence-corrected chi connectivity index (χ3v) is 2.47. The zero-order valence-corrected chi connectivity index (χ0v) is 8.26.